The molecule has 0 spiro atoms. The Morgan fingerprint density at radius 2 is 1.69 bits per heavy atom. The molecule has 4 unspecified atom stereocenters. The van der Waals surface area contributed by atoms with Crippen LogP contribution in [0, 0.1) is 0 Å². The predicted molar refractivity (Wildman–Crippen MR) is 114 cm³/mol. The second-order valence-corrected chi connectivity index (χ2v) is 8.31. The summed E-state index contributed by atoms with van der Waals surface area (Å²) in [6.07, 6.45) is -2.07. The average molecular weight is 494 g/mol. The monoisotopic (exact) mass is 494 g/mol. The molecule has 4 rings (SSSR count). The molecule has 2 fully saturated rings. The van der Waals surface area contributed by atoms with E-state index in [1.165, 1.54) is 6.92 Å². The molecular formula is C20H26N6O9. The van der Waals surface area contributed by atoms with E-state index in [1.54, 1.807) is 0 Å². The van der Waals surface area contributed by atoms with E-state index >= 15 is 0 Å². The molecule has 0 bridgehead atoms. The van der Waals surface area contributed by atoms with Crippen LogP contribution < -0.4 is 10.5 Å². The fraction of sp³-hybridized carbons (Fsp3) is 0.650. The van der Waals surface area contributed by atoms with E-state index in [1.807, 2.05) is 4.90 Å². The van der Waals surface area contributed by atoms with Crippen molar-refractivity contribution in [1.82, 2.24) is 24.9 Å². The fourth-order valence-electron chi connectivity index (χ4n) is 4.28. The van der Waals surface area contributed by atoms with Crippen molar-refractivity contribution >= 4 is 34.8 Å². The van der Waals surface area contributed by atoms with E-state index in [-0.39, 0.29) is 17.6 Å². The zero-order valence-corrected chi connectivity index (χ0v) is 19.4. The minimum Gasteiger partial charge on any atom is -0.463 e. The van der Waals surface area contributed by atoms with Gasteiger partial charge in [-0.25, -0.2) is 0 Å². The Hall–Kier alpha value is -3.75. The molecule has 1 N–H and O–H groups in total. The minimum atomic E-state index is -1.40. The Bertz CT molecular complexity index is 1190. The first-order valence-electron chi connectivity index (χ1n) is 11.1. The third kappa shape index (κ3) is 4.89. The predicted octanol–water partition coefficient (Wildman–Crippen LogP) is -0.460. The Balaban J connectivity index is 1.75. The summed E-state index contributed by atoms with van der Waals surface area (Å²) in [7, 11) is 0. The quantitative estimate of drug-likeness (QED) is 0.310. The highest BCUT2D eigenvalue weighted by Crippen LogP contribution is 2.34. The third-order valence-electron chi connectivity index (χ3n) is 5.71. The summed E-state index contributed by atoms with van der Waals surface area (Å²) in [5.74, 6) is -1.74. The molecule has 190 valence electrons. The normalized spacial score (nSPS) is 24.4. The first-order valence-corrected chi connectivity index (χ1v) is 11.1. The number of anilines is 1. The Kier molecular flexibility index (Phi) is 6.86. The van der Waals surface area contributed by atoms with Crippen molar-refractivity contribution in [1.29, 1.82) is 0 Å². The molecule has 2 aliphatic rings. The van der Waals surface area contributed by atoms with Crippen molar-refractivity contribution < 1.29 is 38.5 Å². The first kappa shape index (κ1) is 24.4. The molecule has 15 heteroatoms. The number of fused-ring (bicyclic) bond motifs is 1. The standard InChI is InChI=1S/C20H26N6O9/c1-10(27)32-9-13-16(33-11(2)28)17(34-12(3)29)20(35-13)25-19(30)15-14(21-23-25)18(22-26(15)31)24-7-5-4-6-8-24/h13,16-17,20,31H,4-9H2,1-3H3. The zero-order chi connectivity index (χ0) is 25.3. The molecular weight excluding hydrogens is 468 g/mol. The maximum atomic E-state index is 13.4. The number of rotatable bonds is 6. The van der Waals surface area contributed by atoms with E-state index in [2.05, 4.69) is 15.4 Å². The molecule has 0 radical (unpaired) electrons. The number of ether oxygens (including phenoxy) is 4. The highest BCUT2D eigenvalue weighted by atomic mass is 16.7. The Morgan fingerprint density at radius 3 is 2.31 bits per heavy atom. The van der Waals surface area contributed by atoms with Gasteiger partial charge in [-0.15, -0.1) is 10.2 Å². The van der Waals surface area contributed by atoms with Crippen molar-refractivity contribution in [3.05, 3.63) is 10.4 Å². The smallest absolute Gasteiger partial charge is 0.303 e. The fourth-order valence-corrected chi connectivity index (χ4v) is 4.28. The van der Waals surface area contributed by atoms with Crippen molar-refractivity contribution in [2.75, 3.05) is 24.6 Å². The molecule has 0 saturated carbocycles. The first-order chi connectivity index (χ1) is 16.7. The number of carbonyl (C=O) groups excluding carboxylic acids is 3. The van der Waals surface area contributed by atoms with Crippen LogP contribution in [0.1, 0.15) is 46.3 Å². The van der Waals surface area contributed by atoms with Crippen LogP contribution in [0.4, 0.5) is 5.82 Å². The Labute approximate surface area is 198 Å². The molecule has 15 nitrogen and oxygen atoms in total. The van der Waals surface area contributed by atoms with E-state index in [0.717, 1.165) is 37.8 Å². The lowest BCUT2D eigenvalue weighted by Crippen LogP contribution is -2.42. The van der Waals surface area contributed by atoms with E-state index in [4.69, 9.17) is 18.9 Å². The summed E-state index contributed by atoms with van der Waals surface area (Å²) in [6.45, 7) is 4.50. The van der Waals surface area contributed by atoms with Gasteiger partial charge in [0.05, 0.1) is 0 Å². The van der Waals surface area contributed by atoms with Gasteiger partial charge in [-0.05, 0) is 19.3 Å². The maximum Gasteiger partial charge on any atom is 0.303 e. The zero-order valence-electron chi connectivity index (χ0n) is 19.4. The summed E-state index contributed by atoms with van der Waals surface area (Å²) in [5.41, 5.74) is -0.978. The number of esters is 3. The van der Waals surface area contributed by atoms with Gasteiger partial charge >= 0.3 is 23.5 Å². The maximum absolute atomic E-state index is 13.4. The lowest BCUT2D eigenvalue weighted by molar-refractivity contribution is -0.166. The summed E-state index contributed by atoms with van der Waals surface area (Å²) in [5, 5.41) is 22.5. The van der Waals surface area contributed by atoms with Crippen molar-refractivity contribution in [2.45, 2.75) is 64.6 Å². The molecule has 0 aliphatic carbocycles. The van der Waals surface area contributed by atoms with Crippen molar-refractivity contribution in [3.63, 3.8) is 0 Å². The van der Waals surface area contributed by atoms with Crippen LogP contribution in [-0.2, 0) is 33.3 Å². The number of hydrogen-bond donors (Lipinski definition) is 1. The van der Waals surface area contributed by atoms with Gasteiger partial charge in [-0.3, -0.25) is 19.2 Å². The summed E-state index contributed by atoms with van der Waals surface area (Å²) < 4.78 is 22.2. The largest absolute Gasteiger partial charge is 0.463 e. The van der Waals surface area contributed by atoms with Crippen molar-refractivity contribution in [2.24, 2.45) is 0 Å². The molecule has 0 aromatic carbocycles. The molecule has 35 heavy (non-hydrogen) atoms. The molecule has 4 atom stereocenters. The molecule has 2 aromatic heterocycles. The molecule has 4 heterocycles. The van der Waals surface area contributed by atoms with Crippen LogP contribution in [0.2, 0.25) is 0 Å². The van der Waals surface area contributed by atoms with Gasteiger partial charge in [0.15, 0.2) is 35.3 Å². The second-order valence-electron chi connectivity index (χ2n) is 8.31. The summed E-state index contributed by atoms with van der Waals surface area (Å²) in [6, 6.07) is 0. The second kappa shape index (κ2) is 9.85. The topological polar surface area (TPSA) is 177 Å². The minimum absolute atomic E-state index is 0.102. The molecule has 0 amide bonds. The van der Waals surface area contributed by atoms with Gasteiger partial charge < -0.3 is 29.1 Å². The van der Waals surface area contributed by atoms with Gasteiger partial charge in [0, 0.05) is 33.9 Å². The average Bonchev–Trinajstić information content (AvgIpc) is 3.30. The lowest BCUT2D eigenvalue weighted by atomic mass is 10.1. The van der Waals surface area contributed by atoms with Crippen LogP contribution in [-0.4, -0.2) is 86.1 Å². The Morgan fingerprint density at radius 1 is 1.03 bits per heavy atom. The number of hydrogen-bond acceptors (Lipinski definition) is 13. The van der Waals surface area contributed by atoms with Crippen LogP contribution in [0.15, 0.2) is 4.79 Å². The summed E-state index contributed by atoms with van der Waals surface area (Å²) >= 11 is 0. The molecule has 2 aromatic rings. The molecule has 2 aliphatic heterocycles. The van der Waals surface area contributed by atoms with Crippen LogP contribution in [0.25, 0.3) is 11.0 Å². The SMILES string of the molecule is CC(=O)OCC1OC(n2nnc3c(N4CCCCC4)nn(O)c3c2=O)C(OC(C)=O)C1OC(C)=O. The van der Waals surface area contributed by atoms with E-state index in [9.17, 15) is 24.4 Å². The highest BCUT2D eigenvalue weighted by molar-refractivity contribution is 5.85. The number of carbonyl (C=O) groups is 3. The van der Waals surface area contributed by atoms with Gasteiger partial charge in [0.1, 0.15) is 12.7 Å². The van der Waals surface area contributed by atoms with Gasteiger partial charge in [-0.2, -0.15) is 4.68 Å². The highest BCUT2D eigenvalue weighted by Gasteiger charge is 2.51. The van der Waals surface area contributed by atoms with Gasteiger partial charge in [-0.1, -0.05) is 10.1 Å². The number of aromatic nitrogens is 5. The van der Waals surface area contributed by atoms with Gasteiger partial charge in [0.2, 0.25) is 0 Å². The van der Waals surface area contributed by atoms with E-state index in [0.29, 0.717) is 23.8 Å². The van der Waals surface area contributed by atoms with Crippen LogP contribution >= 0.6 is 0 Å². The van der Waals surface area contributed by atoms with Crippen molar-refractivity contribution in [3.8, 4) is 0 Å². The third-order valence-corrected chi connectivity index (χ3v) is 5.71. The molecule has 2 saturated heterocycles. The number of nitrogens with zero attached hydrogens (tertiary/aromatic N) is 6. The van der Waals surface area contributed by atoms with Crippen LogP contribution in [0.3, 0.4) is 0 Å². The lowest BCUT2D eigenvalue weighted by Gasteiger charge is -2.26. The van der Waals surface area contributed by atoms with Crippen LogP contribution in [0.5, 0.6) is 0 Å². The number of piperidine rings is 1. The van der Waals surface area contributed by atoms with E-state index < -0.39 is 48.0 Å². The van der Waals surface area contributed by atoms with Gasteiger partial charge in [0.25, 0.3) is 0 Å². The summed E-state index contributed by atoms with van der Waals surface area (Å²) in [4.78, 5) is 50.6.